The molecule has 0 fully saturated rings. The first-order chi connectivity index (χ1) is 15.3. The number of amides is 1. The number of carbonyl (C=O) groups excluding carboxylic acids is 1. The molecule has 172 valence electrons. The Balaban J connectivity index is 2.36. The molecule has 2 N–H and O–H groups in total. The minimum atomic E-state index is -0.312. The summed E-state index contributed by atoms with van der Waals surface area (Å²) in [4.78, 5) is 25.1. The Labute approximate surface area is 189 Å². The Morgan fingerprint density at radius 3 is 2.44 bits per heavy atom. The largest absolute Gasteiger partial charge is 0.493 e. The van der Waals surface area contributed by atoms with E-state index in [0.29, 0.717) is 35.8 Å². The van der Waals surface area contributed by atoms with Crippen molar-refractivity contribution >= 4 is 11.6 Å². The molecule has 0 spiro atoms. The van der Waals surface area contributed by atoms with Gasteiger partial charge in [0.2, 0.25) is 17.1 Å². The molecule has 7 nitrogen and oxygen atoms in total. The van der Waals surface area contributed by atoms with Crippen molar-refractivity contribution in [2.45, 2.75) is 52.1 Å². The van der Waals surface area contributed by atoms with E-state index in [1.54, 1.807) is 27.4 Å². The molecule has 0 saturated carbocycles. The number of ether oxygens (including phenoxy) is 3. The first-order valence-corrected chi connectivity index (χ1v) is 10.9. The lowest BCUT2D eigenvalue weighted by Gasteiger charge is -2.19. The van der Waals surface area contributed by atoms with E-state index < -0.39 is 0 Å². The van der Waals surface area contributed by atoms with Gasteiger partial charge in [0, 0.05) is 18.5 Å². The summed E-state index contributed by atoms with van der Waals surface area (Å²) < 4.78 is 17.0. The van der Waals surface area contributed by atoms with Gasteiger partial charge >= 0.3 is 0 Å². The number of carbonyl (C=O) groups is 1. The highest BCUT2D eigenvalue weighted by Gasteiger charge is 2.29. The van der Waals surface area contributed by atoms with Crippen molar-refractivity contribution in [3.8, 4) is 28.4 Å². The molecular formula is C25H32N2O5. The summed E-state index contributed by atoms with van der Waals surface area (Å²) in [5, 5.41) is 6.31. The van der Waals surface area contributed by atoms with Gasteiger partial charge in [-0.15, -0.1) is 0 Å². The molecular weight excluding hydrogens is 408 g/mol. The van der Waals surface area contributed by atoms with Gasteiger partial charge in [0.15, 0.2) is 11.5 Å². The van der Waals surface area contributed by atoms with Gasteiger partial charge in [0.1, 0.15) is 0 Å². The normalized spacial score (nSPS) is 15.5. The molecule has 32 heavy (non-hydrogen) atoms. The maximum absolute atomic E-state index is 13.1. The lowest BCUT2D eigenvalue weighted by Crippen LogP contribution is -2.26. The summed E-state index contributed by atoms with van der Waals surface area (Å²) in [6.45, 7) is 5.59. The summed E-state index contributed by atoms with van der Waals surface area (Å²) in [5.74, 6) is 1.46. The monoisotopic (exact) mass is 440 g/mol. The number of aryl methyl sites for hydroxylation is 1. The fraction of sp³-hybridized carbons (Fsp3) is 0.440. The summed E-state index contributed by atoms with van der Waals surface area (Å²) in [7, 11) is 4.75. The molecule has 1 unspecified atom stereocenters. The van der Waals surface area contributed by atoms with E-state index in [1.165, 1.54) is 6.92 Å². The molecule has 3 rings (SSSR count). The number of hydrogen-bond acceptors (Lipinski definition) is 6. The zero-order chi connectivity index (χ0) is 23.4. The fourth-order valence-electron chi connectivity index (χ4n) is 4.19. The van der Waals surface area contributed by atoms with Crippen LogP contribution in [0.1, 0.15) is 50.8 Å². The molecule has 7 heteroatoms. The molecule has 0 heterocycles. The van der Waals surface area contributed by atoms with E-state index in [0.717, 1.165) is 28.7 Å². The van der Waals surface area contributed by atoms with E-state index in [9.17, 15) is 9.59 Å². The van der Waals surface area contributed by atoms with Crippen LogP contribution in [0, 0.1) is 0 Å². The molecule has 0 aliphatic heterocycles. The number of fused-ring (bicyclic) bond motifs is 3. The molecule has 2 aromatic rings. The third kappa shape index (κ3) is 4.52. The zero-order valence-corrected chi connectivity index (χ0v) is 19.6. The fourth-order valence-corrected chi connectivity index (χ4v) is 4.19. The first-order valence-electron chi connectivity index (χ1n) is 10.9. The van der Waals surface area contributed by atoms with E-state index in [4.69, 9.17) is 14.2 Å². The van der Waals surface area contributed by atoms with Crippen LogP contribution in [0.4, 0.5) is 5.69 Å². The van der Waals surface area contributed by atoms with E-state index in [2.05, 4.69) is 17.6 Å². The number of hydrogen-bond donors (Lipinski definition) is 2. The second-order valence-corrected chi connectivity index (χ2v) is 8.05. The van der Waals surface area contributed by atoms with Crippen LogP contribution >= 0.6 is 0 Å². The van der Waals surface area contributed by atoms with Gasteiger partial charge in [-0.05, 0) is 61.1 Å². The van der Waals surface area contributed by atoms with Crippen molar-refractivity contribution in [3.05, 3.63) is 45.6 Å². The van der Waals surface area contributed by atoms with Gasteiger partial charge in [0.05, 0.1) is 33.1 Å². The van der Waals surface area contributed by atoms with Crippen molar-refractivity contribution in [3.63, 3.8) is 0 Å². The Kier molecular flexibility index (Phi) is 7.28. The molecule has 0 aromatic heterocycles. The second-order valence-electron chi connectivity index (χ2n) is 8.05. The number of rotatable bonds is 7. The van der Waals surface area contributed by atoms with Crippen molar-refractivity contribution in [2.75, 3.05) is 26.6 Å². The minimum Gasteiger partial charge on any atom is -0.493 e. The maximum Gasteiger partial charge on any atom is 0.217 e. The van der Waals surface area contributed by atoms with Crippen LogP contribution in [-0.4, -0.2) is 33.3 Å². The van der Waals surface area contributed by atoms with E-state index >= 15 is 0 Å². The van der Waals surface area contributed by atoms with Gasteiger partial charge < -0.3 is 24.8 Å². The smallest absolute Gasteiger partial charge is 0.217 e. The minimum absolute atomic E-state index is 0.121. The Hall–Kier alpha value is -3.22. The first kappa shape index (κ1) is 23.4. The van der Waals surface area contributed by atoms with Gasteiger partial charge in [-0.3, -0.25) is 9.59 Å². The Morgan fingerprint density at radius 2 is 1.84 bits per heavy atom. The lowest BCUT2D eigenvalue weighted by molar-refractivity contribution is -0.119. The molecule has 1 amide bonds. The van der Waals surface area contributed by atoms with Gasteiger partial charge in [0.25, 0.3) is 0 Å². The second kappa shape index (κ2) is 9.94. The standard InChI is InChI=1S/C25H32N2O5/c1-7-14(2)26-20-11-9-17-18(13-21(20)29)19(27-15(3)28)10-8-16-12-22(30-4)24(31-5)25(32-6)23(16)17/h9,11-14,19H,7-8,10H2,1-6H3,(H,26,29)(H,27,28)/t14?,19-/m0/s1. The van der Waals surface area contributed by atoms with Crippen LogP contribution in [-0.2, 0) is 11.2 Å². The number of benzene rings is 1. The summed E-state index contributed by atoms with van der Waals surface area (Å²) in [6, 6.07) is 7.15. The van der Waals surface area contributed by atoms with Crippen LogP contribution in [0.25, 0.3) is 11.1 Å². The van der Waals surface area contributed by atoms with Crippen LogP contribution in [0.2, 0.25) is 0 Å². The highest BCUT2D eigenvalue weighted by molar-refractivity contribution is 5.83. The summed E-state index contributed by atoms with van der Waals surface area (Å²) in [6.07, 6.45) is 2.19. The van der Waals surface area contributed by atoms with Crippen LogP contribution in [0.3, 0.4) is 0 Å². The van der Waals surface area contributed by atoms with Gasteiger partial charge in [-0.2, -0.15) is 0 Å². The number of nitrogens with one attached hydrogen (secondary N) is 2. The third-order valence-corrected chi connectivity index (χ3v) is 5.93. The highest BCUT2D eigenvalue weighted by atomic mass is 16.5. The average molecular weight is 441 g/mol. The van der Waals surface area contributed by atoms with E-state index in [-0.39, 0.29) is 23.4 Å². The van der Waals surface area contributed by atoms with Gasteiger partial charge in [-0.1, -0.05) is 13.0 Å². The predicted octanol–water partition coefficient (Wildman–Crippen LogP) is 4.07. The average Bonchev–Trinajstić information content (AvgIpc) is 3.01. The Morgan fingerprint density at radius 1 is 1.12 bits per heavy atom. The SMILES string of the molecule is CCC(C)Nc1ccc2c(cc1=O)[C@@H](NC(C)=O)CCc1cc(OC)c(OC)c(OC)c1-2. The van der Waals surface area contributed by atoms with E-state index in [1.807, 2.05) is 25.1 Å². The Bertz CT molecular complexity index is 1070. The molecule has 2 atom stereocenters. The summed E-state index contributed by atoms with van der Waals surface area (Å²) >= 11 is 0. The molecule has 0 bridgehead atoms. The van der Waals surface area contributed by atoms with Crippen LogP contribution in [0.15, 0.2) is 29.1 Å². The highest BCUT2D eigenvalue weighted by Crippen LogP contribution is 2.50. The van der Waals surface area contributed by atoms with Crippen LogP contribution in [0.5, 0.6) is 17.2 Å². The topological polar surface area (TPSA) is 85.9 Å². The number of anilines is 1. The molecule has 2 aromatic carbocycles. The third-order valence-electron chi connectivity index (χ3n) is 5.93. The quantitative estimate of drug-likeness (QED) is 0.675. The maximum atomic E-state index is 13.1. The molecule has 1 aliphatic carbocycles. The number of methoxy groups -OCH3 is 3. The lowest BCUT2D eigenvalue weighted by atomic mass is 9.95. The van der Waals surface area contributed by atoms with Crippen molar-refractivity contribution in [2.24, 2.45) is 0 Å². The van der Waals surface area contributed by atoms with Crippen molar-refractivity contribution < 1.29 is 19.0 Å². The van der Waals surface area contributed by atoms with Crippen LogP contribution < -0.4 is 30.3 Å². The zero-order valence-electron chi connectivity index (χ0n) is 19.6. The van der Waals surface area contributed by atoms with Gasteiger partial charge in [-0.25, -0.2) is 0 Å². The molecule has 0 saturated heterocycles. The van der Waals surface area contributed by atoms with Crippen molar-refractivity contribution in [1.29, 1.82) is 0 Å². The van der Waals surface area contributed by atoms with Crippen molar-refractivity contribution in [1.82, 2.24) is 5.32 Å². The molecule has 0 radical (unpaired) electrons. The molecule has 1 aliphatic rings. The predicted molar refractivity (Wildman–Crippen MR) is 126 cm³/mol. The summed E-state index contributed by atoms with van der Waals surface area (Å²) in [5.41, 5.74) is 3.83.